The average Bonchev–Trinajstić information content (AvgIpc) is 2.33. The van der Waals surface area contributed by atoms with E-state index in [-0.39, 0.29) is 5.92 Å². The van der Waals surface area contributed by atoms with Crippen molar-refractivity contribution in [2.75, 3.05) is 18.0 Å². The maximum atomic E-state index is 11.0. The van der Waals surface area contributed by atoms with Crippen LogP contribution < -0.4 is 4.90 Å². The van der Waals surface area contributed by atoms with Crippen molar-refractivity contribution in [3.8, 4) is 0 Å². The van der Waals surface area contributed by atoms with Crippen molar-refractivity contribution in [1.29, 1.82) is 0 Å². The molecule has 0 unspecified atom stereocenters. The number of carboxylic acids is 1. The molecule has 1 saturated heterocycles. The van der Waals surface area contributed by atoms with Gasteiger partial charge in [0, 0.05) is 24.8 Å². The summed E-state index contributed by atoms with van der Waals surface area (Å²) in [5, 5.41) is 9.43. The summed E-state index contributed by atoms with van der Waals surface area (Å²) in [5.41, 5.74) is 0.821. The normalized spacial score (nSPS) is 20.4. The highest BCUT2D eigenvalue weighted by molar-refractivity contribution is 6.30. The largest absolute Gasteiger partial charge is 0.481 e. The first-order valence-corrected chi connectivity index (χ1v) is 5.92. The van der Waals surface area contributed by atoms with Crippen molar-refractivity contribution < 1.29 is 9.90 Å². The van der Waals surface area contributed by atoms with Gasteiger partial charge in [0.2, 0.25) is 5.95 Å². The Hall–Kier alpha value is -1.36. The summed E-state index contributed by atoms with van der Waals surface area (Å²) in [6, 6.07) is 0. The van der Waals surface area contributed by atoms with Crippen molar-refractivity contribution in [3.05, 3.63) is 16.9 Å². The van der Waals surface area contributed by atoms with E-state index < -0.39 is 5.97 Å². The van der Waals surface area contributed by atoms with E-state index in [1.54, 1.807) is 6.20 Å². The number of hydrogen-bond donors (Lipinski definition) is 1. The zero-order chi connectivity index (χ0) is 12.4. The number of anilines is 1. The topological polar surface area (TPSA) is 66.3 Å². The van der Waals surface area contributed by atoms with Crippen LogP contribution in [0.15, 0.2) is 6.20 Å². The van der Waals surface area contributed by atoms with Crippen LogP contribution >= 0.6 is 11.6 Å². The minimum absolute atomic E-state index is 0.340. The molecule has 1 aromatic heterocycles. The summed E-state index contributed by atoms with van der Waals surface area (Å²) in [7, 11) is 0. The Morgan fingerprint density at radius 1 is 1.65 bits per heavy atom. The Kier molecular flexibility index (Phi) is 3.47. The van der Waals surface area contributed by atoms with Crippen molar-refractivity contribution in [2.24, 2.45) is 5.92 Å². The monoisotopic (exact) mass is 255 g/mol. The first kappa shape index (κ1) is 12.1. The molecule has 1 N–H and O–H groups in total. The summed E-state index contributed by atoms with van der Waals surface area (Å²) < 4.78 is 0. The molecule has 2 heterocycles. The summed E-state index contributed by atoms with van der Waals surface area (Å²) in [5.74, 6) is -0.577. The lowest BCUT2D eigenvalue weighted by atomic mass is 9.99. The fraction of sp³-hybridized carbons (Fsp3) is 0.545. The Morgan fingerprint density at radius 3 is 3.06 bits per heavy atom. The van der Waals surface area contributed by atoms with Crippen LogP contribution in [0.3, 0.4) is 0 Å². The van der Waals surface area contributed by atoms with E-state index in [0.29, 0.717) is 24.1 Å². The molecule has 2 rings (SSSR count). The lowest BCUT2D eigenvalue weighted by molar-refractivity contribution is -0.141. The van der Waals surface area contributed by atoms with Crippen LogP contribution in [0.2, 0.25) is 5.15 Å². The van der Waals surface area contributed by atoms with Crippen molar-refractivity contribution >= 4 is 23.5 Å². The van der Waals surface area contributed by atoms with Crippen LogP contribution in [0.25, 0.3) is 0 Å². The Morgan fingerprint density at radius 2 is 2.41 bits per heavy atom. The zero-order valence-corrected chi connectivity index (χ0v) is 10.3. The number of aromatic nitrogens is 2. The molecule has 1 aliphatic heterocycles. The molecule has 0 aliphatic carbocycles. The van der Waals surface area contributed by atoms with Gasteiger partial charge in [-0.15, -0.1) is 0 Å². The fourth-order valence-electron chi connectivity index (χ4n) is 1.93. The Labute approximate surface area is 104 Å². The van der Waals surface area contributed by atoms with Gasteiger partial charge >= 0.3 is 5.97 Å². The molecular formula is C11H14ClN3O2. The van der Waals surface area contributed by atoms with Gasteiger partial charge in [-0.3, -0.25) is 4.79 Å². The van der Waals surface area contributed by atoms with Crippen LogP contribution in [0.4, 0.5) is 5.95 Å². The third-order valence-electron chi connectivity index (χ3n) is 2.95. The molecule has 1 aromatic rings. The molecule has 0 spiro atoms. The van der Waals surface area contributed by atoms with E-state index in [1.807, 2.05) is 11.8 Å². The Balaban J connectivity index is 2.16. The predicted molar refractivity (Wildman–Crippen MR) is 64.4 cm³/mol. The van der Waals surface area contributed by atoms with Crippen LogP contribution in [-0.2, 0) is 4.79 Å². The lowest BCUT2D eigenvalue weighted by Gasteiger charge is -2.30. The molecule has 0 saturated carbocycles. The zero-order valence-electron chi connectivity index (χ0n) is 9.56. The van der Waals surface area contributed by atoms with Gasteiger partial charge < -0.3 is 10.0 Å². The molecule has 1 fully saturated rings. The maximum Gasteiger partial charge on any atom is 0.308 e. The number of piperidine rings is 1. The lowest BCUT2D eigenvalue weighted by Crippen LogP contribution is -2.39. The van der Waals surface area contributed by atoms with E-state index in [1.165, 1.54) is 0 Å². The fourth-order valence-corrected chi connectivity index (χ4v) is 2.05. The van der Waals surface area contributed by atoms with Gasteiger partial charge in [0.15, 0.2) is 0 Å². The smallest absolute Gasteiger partial charge is 0.308 e. The van der Waals surface area contributed by atoms with Crippen LogP contribution in [-0.4, -0.2) is 34.1 Å². The van der Waals surface area contributed by atoms with Gasteiger partial charge in [0.1, 0.15) is 5.15 Å². The summed E-state index contributed by atoms with van der Waals surface area (Å²) >= 11 is 5.94. The second-order valence-electron chi connectivity index (χ2n) is 4.27. The summed E-state index contributed by atoms with van der Waals surface area (Å²) in [4.78, 5) is 21.2. The Bertz CT molecular complexity index is 439. The molecular weight excluding hydrogens is 242 g/mol. The van der Waals surface area contributed by atoms with Crippen LogP contribution in [0, 0.1) is 12.8 Å². The quantitative estimate of drug-likeness (QED) is 0.816. The van der Waals surface area contributed by atoms with E-state index in [4.69, 9.17) is 16.7 Å². The maximum absolute atomic E-state index is 11.0. The molecule has 1 aliphatic rings. The van der Waals surface area contributed by atoms with Gasteiger partial charge in [0.25, 0.3) is 0 Å². The average molecular weight is 256 g/mol. The number of aliphatic carboxylic acids is 1. The van der Waals surface area contributed by atoms with Gasteiger partial charge in [-0.1, -0.05) is 11.6 Å². The van der Waals surface area contributed by atoms with Crippen LogP contribution in [0.5, 0.6) is 0 Å². The summed E-state index contributed by atoms with van der Waals surface area (Å²) in [6.07, 6.45) is 3.21. The molecule has 6 heteroatoms. The molecule has 0 radical (unpaired) electrons. The summed E-state index contributed by atoms with van der Waals surface area (Å²) in [6.45, 7) is 3.07. The second kappa shape index (κ2) is 4.87. The number of rotatable bonds is 2. The first-order valence-electron chi connectivity index (χ1n) is 5.55. The van der Waals surface area contributed by atoms with E-state index in [9.17, 15) is 4.79 Å². The molecule has 5 nitrogen and oxygen atoms in total. The number of carboxylic acid groups (broad SMARTS) is 1. The molecule has 1 atom stereocenters. The molecule has 92 valence electrons. The number of halogens is 1. The van der Waals surface area contributed by atoms with Crippen molar-refractivity contribution in [3.63, 3.8) is 0 Å². The van der Waals surface area contributed by atoms with Gasteiger partial charge in [-0.25, -0.2) is 9.97 Å². The van der Waals surface area contributed by atoms with Crippen molar-refractivity contribution in [2.45, 2.75) is 19.8 Å². The highest BCUT2D eigenvalue weighted by Crippen LogP contribution is 2.22. The minimum Gasteiger partial charge on any atom is -0.481 e. The third kappa shape index (κ3) is 2.66. The molecule has 0 amide bonds. The highest BCUT2D eigenvalue weighted by atomic mass is 35.5. The van der Waals surface area contributed by atoms with E-state index >= 15 is 0 Å². The standard InChI is InChI=1S/C11H14ClN3O2/c1-7-5-13-11(14-9(7)12)15-4-2-3-8(6-15)10(16)17/h5,8H,2-4,6H2,1H3,(H,16,17)/t8-/m0/s1. The minimum atomic E-state index is -0.757. The number of nitrogens with zero attached hydrogens (tertiary/aromatic N) is 3. The van der Waals surface area contributed by atoms with E-state index in [2.05, 4.69) is 9.97 Å². The van der Waals surface area contributed by atoms with Gasteiger partial charge in [0.05, 0.1) is 5.92 Å². The second-order valence-corrected chi connectivity index (χ2v) is 4.63. The van der Waals surface area contributed by atoms with Gasteiger partial charge in [-0.05, 0) is 19.8 Å². The highest BCUT2D eigenvalue weighted by Gasteiger charge is 2.26. The molecule has 17 heavy (non-hydrogen) atoms. The number of aryl methyl sites for hydroxylation is 1. The number of carbonyl (C=O) groups is 1. The predicted octanol–water partition coefficient (Wildman–Crippen LogP) is 1.74. The van der Waals surface area contributed by atoms with E-state index in [0.717, 1.165) is 18.5 Å². The van der Waals surface area contributed by atoms with Crippen molar-refractivity contribution in [1.82, 2.24) is 9.97 Å². The molecule has 0 aromatic carbocycles. The number of hydrogen-bond acceptors (Lipinski definition) is 4. The van der Waals surface area contributed by atoms with Gasteiger partial charge in [-0.2, -0.15) is 0 Å². The molecule has 0 bridgehead atoms. The SMILES string of the molecule is Cc1cnc(N2CCC[C@H](C(=O)O)C2)nc1Cl. The first-order chi connectivity index (χ1) is 8.08. The van der Waals surface area contributed by atoms with Crippen LogP contribution in [0.1, 0.15) is 18.4 Å². The third-order valence-corrected chi connectivity index (χ3v) is 3.33.